The summed E-state index contributed by atoms with van der Waals surface area (Å²) in [6.45, 7) is 2.20. The molecule has 32 heavy (non-hydrogen) atoms. The number of aryl methyl sites for hydroxylation is 1. The first kappa shape index (κ1) is 23.5. The zero-order chi connectivity index (χ0) is 23.1. The average molecular weight is 489 g/mol. The summed E-state index contributed by atoms with van der Waals surface area (Å²) in [5, 5.41) is 21.9. The van der Waals surface area contributed by atoms with Crippen molar-refractivity contribution in [1.82, 2.24) is 10.2 Å². The second-order valence-electron chi connectivity index (χ2n) is 6.43. The SMILES string of the molecule is CCc1nnc(NC(=O)C(C#N)=Cc2ccc(OCc3ccc(Cl)c(Cl)c3)c(OC)c2)s1. The standard InChI is InChI=1S/C22H18Cl2N4O3S/c1-3-20-27-28-22(32-20)26-21(29)15(11-25)8-13-5-7-18(19(10-13)30-2)31-12-14-4-6-16(23)17(24)9-14/h4-10H,3,12H2,1-2H3,(H,26,28,29). The van der Waals surface area contributed by atoms with Gasteiger partial charge in [0.1, 0.15) is 23.3 Å². The Balaban J connectivity index is 1.74. The van der Waals surface area contributed by atoms with Gasteiger partial charge in [-0.3, -0.25) is 10.1 Å². The molecule has 3 aromatic rings. The van der Waals surface area contributed by atoms with Crippen LogP contribution in [-0.2, 0) is 17.8 Å². The van der Waals surface area contributed by atoms with Crippen molar-refractivity contribution in [1.29, 1.82) is 5.26 Å². The molecule has 3 rings (SSSR count). The Bertz CT molecular complexity index is 1200. The molecule has 0 saturated heterocycles. The van der Waals surface area contributed by atoms with E-state index < -0.39 is 5.91 Å². The van der Waals surface area contributed by atoms with Gasteiger partial charge < -0.3 is 9.47 Å². The molecule has 0 atom stereocenters. The molecule has 2 aromatic carbocycles. The molecule has 0 aliphatic heterocycles. The third kappa shape index (κ3) is 5.98. The number of aromatic nitrogens is 2. The minimum absolute atomic E-state index is 0.0789. The highest BCUT2D eigenvalue weighted by molar-refractivity contribution is 7.15. The van der Waals surface area contributed by atoms with Crippen LogP contribution in [0.1, 0.15) is 23.1 Å². The van der Waals surface area contributed by atoms with Crippen LogP contribution in [0.5, 0.6) is 11.5 Å². The monoisotopic (exact) mass is 488 g/mol. The van der Waals surface area contributed by atoms with E-state index in [0.717, 1.165) is 10.6 Å². The van der Waals surface area contributed by atoms with Crippen LogP contribution in [0.3, 0.4) is 0 Å². The second-order valence-corrected chi connectivity index (χ2v) is 8.30. The van der Waals surface area contributed by atoms with E-state index in [0.29, 0.717) is 38.7 Å². The lowest BCUT2D eigenvalue weighted by molar-refractivity contribution is -0.112. The molecular formula is C22H18Cl2N4O3S. The highest BCUT2D eigenvalue weighted by Crippen LogP contribution is 2.30. The van der Waals surface area contributed by atoms with Gasteiger partial charge in [-0.1, -0.05) is 53.6 Å². The Morgan fingerprint density at radius 3 is 2.66 bits per heavy atom. The molecule has 0 fully saturated rings. The van der Waals surface area contributed by atoms with Gasteiger partial charge in [-0.25, -0.2) is 0 Å². The van der Waals surface area contributed by atoms with Gasteiger partial charge in [-0.15, -0.1) is 10.2 Å². The number of nitrogens with one attached hydrogen (secondary N) is 1. The van der Waals surface area contributed by atoms with Crippen LogP contribution in [-0.4, -0.2) is 23.2 Å². The number of amides is 1. The Morgan fingerprint density at radius 1 is 1.19 bits per heavy atom. The fourth-order valence-electron chi connectivity index (χ4n) is 2.61. The van der Waals surface area contributed by atoms with Crippen molar-refractivity contribution in [2.75, 3.05) is 12.4 Å². The molecule has 1 heterocycles. The Kier molecular flexibility index (Phi) is 8.06. The molecule has 0 spiro atoms. The van der Waals surface area contributed by atoms with E-state index in [2.05, 4.69) is 15.5 Å². The van der Waals surface area contributed by atoms with E-state index in [4.69, 9.17) is 32.7 Å². The second kappa shape index (κ2) is 11.0. The van der Waals surface area contributed by atoms with E-state index in [1.165, 1.54) is 24.5 Å². The van der Waals surface area contributed by atoms with E-state index in [-0.39, 0.29) is 12.2 Å². The highest BCUT2D eigenvalue weighted by Gasteiger charge is 2.14. The number of ether oxygens (including phenoxy) is 2. The van der Waals surface area contributed by atoms with Crippen molar-refractivity contribution in [2.45, 2.75) is 20.0 Å². The van der Waals surface area contributed by atoms with E-state index in [1.807, 2.05) is 19.1 Å². The number of hydrogen-bond donors (Lipinski definition) is 1. The van der Waals surface area contributed by atoms with Crippen molar-refractivity contribution in [3.63, 3.8) is 0 Å². The number of carbonyl (C=O) groups is 1. The first-order valence-electron chi connectivity index (χ1n) is 9.43. The topological polar surface area (TPSA) is 97.1 Å². The van der Waals surface area contributed by atoms with Crippen LogP contribution in [0.15, 0.2) is 42.0 Å². The molecule has 1 N–H and O–H groups in total. The minimum Gasteiger partial charge on any atom is -0.493 e. The maximum absolute atomic E-state index is 12.4. The third-order valence-electron chi connectivity index (χ3n) is 4.23. The number of hydrogen-bond acceptors (Lipinski definition) is 7. The number of carbonyl (C=O) groups excluding carboxylic acids is 1. The molecule has 0 aliphatic rings. The average Bonchev–Trinajstić information content (AvgIpc) is 3.25. The van der Waals surface area contributed by atoms with Crippen molar-refractivity contribution in [2.24, 2.45) is 0 Å². The lowest BCUT2D eigenvalue weighted by atomic mass is 10.1. The van der Waals surface area contributed by atoms with Crippen LogP contribution < -0.4 is 14.8 Å². The Labute approximate surface area is 199 Å². The fraction of sp³-hybridized carbons (Fsp3) is 0.182. The maximum Gasteiger partial charge on any atom is 0.268 e. The predicted molar refractivity (Wildman–Crippen MR) is 125 cm³/mol. The molecule has 0 aliphatic carbocycles. The molecule has 0 radical (unpaired) electrons. The summed E-state index contributed by atoms with van der Waals surface area (Å²) in [5.41, 5.74) is 1.36. The van der Waals surface area contributed by atoms with Crippen LogP contribution in [0.2, 0.25) is 10.0 Å². The molecule has 10 heteroatoms. The van der Waals surface area contributed by atoms with Crippen molar-refractivity contribution in [3.8, 4) is 17.6 Å². The summed E-state index contributed by atoms with van der Waals surface area (Å²) in [7, 11) is 1.51. The summed E-state index contributed by atoms with van der Waals surface area (Å²) >= 11 is 13.2. The first-order valence-corrected chi connectivity index (χ1v) is 11.0. The van der Waals surface area contributed by atoms with E-state index >= 15 is 0 Å². The van der Waals surface area contributed by atoms with Crippen molar-refractivity contribution >= 4 is 51.7 Å². The highest BCUT2D eigenvalue weighted by atomic mass is 35.5. The largest absolute Gasteiger partial charge is 0.493 e. The van der Waals surface area contributed by atoms with Crippen LogP contribution >= 0.6 is 34.5 Å². The van der Waals surface area contributed by atoms with Gasteiger partial charge in [-0.2, -0.15) is 5.26 Å². The maximum atomic E-state index is 12.4. The fourth-order valence-corrected chi connectivity index (χ4v) is 3.61. The van der Waals surface area contributed by atoms with Crippen molar-refractivity contribution in [3.05, 3.63) is 68.2 Å². The van der Waals surface area contributed by atoms with Gasteiger partial charge in [-0.05, 0) is 47.9 Å². The number of halogens is 2. The quantitative estimate of drug-likeness (QED) is 0.330. The zero-order valence-electron chi connectivity index (χ0n) is 17.2. The van der Waals surface area contributed by atoms with Gasteiger partial charge >= 0.3 is 0 Å². The molecule has 7 nitrogen and oxygen atoms in total. The summed E-state index contributed by atoms with van der Waals surface area (Å²) in [5.74, 6) is 0.387. The Morgan fingerprint density at radius 2 is 2.00 bits per heavy atom. The lowest BCUT2D eigenvalue weighted by Crippen LogP contribution is -2.13. The molecule has 1 amide bonds. The molecule has 0 unspecified atom stereocenters. The summed E-state index contributed by atoms with van der Waals surface area (Å²) in [6.07, 6.45) is 2.18. The van der Waals surface area contributed by atoms with E-state index in [9.17, 15) is 10.1 Å². The number of rotatable bonds is 8. The number of benzene rings is 2. The normalized spacial score (nSPS) is 11.0. The van der Waals surface area contributed by atoms with Crippen LogP contribution in [0.25, 0.3) is 6.08 Å². The molecule has 1 aromatic heterocycles. The Hall–Kier alpha value is -3.12. The zero-order valence-corrected chi connectivity index (χ0v) is 19.5. The van der Waals surface area contributed by atoms with Gasteiger partial charge in [0.15, 0.2) is 11.5 Å². The van der Waals surface area contributed by atoms with Crippen molar-refractivity contribution < 1.29 is 14.3 Å². The van der Waals surface area contributed by atoms with Gasteiger partial charge in [0, 0.05) is 0 Å². The molecular weight excluding hydrogens is 471 g/mol. The summed E-state index contributed by atoms with van der Waals surface area (Å²) in [4.78, 5) is 12.4. The smallest absolute Gasteiger partial charge is 0.268 e. The molecule has 164 valence electrons. The first-order chi connectivity index (χ1) is 15.4. The number of methoxy groups -OCH3 is 1. The summed E-state index contributed by atoms with van der Waals surface area (Å²) < 4.78 is 11.2. The third-order valence-corrected chi connectivity index (χ3v) is 5.95. The predicted octanol–water partition coefficient (Wildman–Crippen LogP) is 5.54. The summed E-state index contributed by atoms with van der Waals surface area (Å²) in [6, 6.07) is 12.3. The van der Waals surface area contributed by atoms with E-state index in [1.54, 1.807) is 30.3 Å². The van der Waals surface area contributed by atoms with Gasteiger partial charge in [0.05, 0.1) is 17.2 Å². The lowest BCUT2D eigenvalue weighted by Gasteiger charge is -2.12. The molecule has 0 bridgehead atoms. The molecule has 0 saturated carbocycles. The van der Waals surface area contributed by atoms with Gasteiger partial charge in [0.2, 0.25) is 5.13 Å². The minimum atomic E-state index is -0.565. The van der Waals surface area contributed by atoms with Crippen LogP contribution in [0.4, 0.5) is 5.13 Å². The van der Waals surface area contributed by atoms with Gasteiger partial charge in [0.25, 0.3) is 5.91 Å². The number of nitriles is 1. The number of nitrogens with zero attached hydrogens (tertiary/aromatic N) is 3. The van der Waals surface area contributed by atoms with Crippen LogP contribution in [0, 0.1) is 11.3 Å². The number of anilines is 1.